The van der Waals surface area contributed by atoms with E-state index in [0.29, 0.717) is 37.0 Å². The van der Waals surface area contributed by atoms with E-state index in [1.807, 2.05) is 0 Å². The number of ketones is 1. The molecule has 6 fully saturated rings. The van der Waals surface area contributed by atoms with Crippen LogP contribution in [0.2, 0.25) is 0 Å². The molecule has 0 aromatic carbocycles. The Bertz CT molecular complexity index is 765. The van der Waals surface area contributed by atoms with Gasteiger partial charge in [-0.05, 0) is 68.2 Å². The van der Waals surface area contributed by atoms with Crippen LogP contribution in [0.15, 0.2) is 0 Å². The van der Waals surface area contributed by atoms with Gasteiger partial charge in [0.15, 0.2) is 0 Å². The summed E-state index contributed by atoms with van der Waals surface area (Å²) in [5, 5.41) is 0. The van der Waals surface area contributed by atoms with Crippen LogP contribution in [0.4, 0.5) is 26.3 Å². The Balaban J connectivity index is 1.72. The Kier molecular flexibility index (Phi) is 4.34. The van der Waals surface area contributed by atoms with Crippen molar-refractivity contribution in [1.82, 2.24) is 4.31 Å². The minimum absolute atomic E-state index is 0.0461. The van der Waals surface area contributed by atoms with Gasteiger partial charge in [0.25, 0.3) is 4.08 Å². The number of thioether (sulfide) groups is 1. The molecule has 1 aliphatic heterocycles. The summed E-state index contributed by atoms with van der Waals surface area (Å²) in [6, 6.07) is 0. The fourth-order valence-corrected chi connectivity index (χ4v) is 12.2. The van der Waals surface area contributed by atoms with Crippen LogP contribution in [-0.2, 0) is 4.79 Å². The third-order valence-corrected chi connectivity index (χ3v) is 13.2. The molecule has 6 rings (SSSR count). The first-order chi connectivity index (χ1) is 13.9. The van der Waals surface area contributed by atoms with Crippen LogP contribution in [0.5, 0.6) is 0 Å². The quantitative estimate of drug-likeness (QED) is 0.299. The van der Waals surface area contributed by atoms with Crippen molar-refractivity contribution >= 4 is 29.5 Å². The van der Waals surface area contributed by atoms with Gasteiger partial charge in [0.05, 0.1) is 10.8 Å². The summed E-state index contributed by atoms with van der Waals surface area (Å²) in [4.78, 5) is 11.5. The third-order valence-electron chi connectivity index (χ3n) is 8.81. The normalized spacial score (nSPS) is 42.3. The lowest BCUT2D eigenvalue weighted by molar-refractivity contribution is -0.236. The van der Waals surface area contributed by atoms with Crippen molar-refractivity contribution in [3.63, 3.8) is 0 Å². The highest BCUT2D eigenvalue weighted by Gasteiger charge is 2.89. The molecule has 4 bridgehead atoms. The molecule has 0 aromatic rings. The molecule has 6 aliphatic rings. The van der Waals surface area contributed by atoms with Gasteiger partial charge in [0.1, 0.15) is 10.7 Å². The number of nitrogens with zero attached hydrogens (tertiary/aromatic N) is 1. The number of hydrogen-bond donors (Lipinski definition) is 0. The average molecular weight is 488 g/mol. The fraction of sp³-hybridized carbons (Fsp3) is 0.952. The molecular formula is C21H27F6NOS2. The van der Waals surface area contributed by atoms with E-state index in [1.54, 1.807) is 0 Å². The smallest absolute Gasteiger partial charge is 0.298 e. The Morgan fingerprint density at radius 3 is 1.55 bits per heavy atom. The summed E-state index contributed by atoms with van der Waals surface area (Å²) in [6.07, 6.45) is -6.07. The van der Waals surface area contributed by atoms with Crippen molar-refractivity contribution in [2.24, 2.45) is 28.6 Å². The van der Waals surface area contributed by atoms with Crippen molar-refractivity contribution in [2.45, 2.75) is 93.1 Å². The predicted octanol–water partition coefficient (Wildman–Crippen LogP) is 6.80. The standard InChI is InChI=1S/C21H27F6NOS2/c1-15(2)14(29)16(3,4)18(15)28(31-19(30-18,20(22,23)24)21(25,26)27)17-8-11-5-12(9-17)7-13(6-11)10-17/h11-13H,5-10H2,1-4H3. The van der Waals surface area contributed by atoms with Gasteiger partial charge >= 0.3 is 12.4 Å². The van der Waals surface area contributed by atoms with Crippen molar-refractivity contribution in [3.05, 3.63) is 0 Å². The van der Waals surface area contributed by atoms with Gasteiger partial charge in [0.2, 0.25) is 0 Å². The highest BCUT2D eigenvalue weighted by atomic mass is 32.2. The molecule has 1 spiro atoms. The van der Waals surface area contributed by atoms with Crippen molar-refractivity contribution in [2.75, 3.05) is 0 Å². The zero-order valence-corrected chi connectivity index (χ0v) is 19.5. The second-order valence-electron chi connectivity index (χ2n) is 11.5. The number of Topliss-reactive ketones (excluding diaryl/α,β-unsaturated/α-hetero) is 1. The molecule has 0 radical (unpaired) electrons. The molecule has 5 aliphatic carbocycles. The van der Waals surface area contributed by atoms with Crippen LogP contribution in [0.25, 0.3) is 0 Å². The second-order valence-corrected chi connectivity index (χ2v) is 14.3. The second kappa shape index (κ2) is 5.93. The molecule has 0 N–H and O–H groups in total. The van der Waals surface area contributed by atoms with Crippen LogP contribution >= 0.6 is 23.7 Å². The number of alkyl halides is 6. The Labute approximate surface area is 186 Å². The monoisotopic (exact) mass is 487 g/mol. The molecule has 31 heavy (non-hydrogen) atoms. The molecule has 5 saturated carbocycles. The Morgan fingerprint density at radius 1 is 0.806 bits per heavy atom. The predicted molar refractivity (Wildman–Crippen MR) is 108 cm³/mol. The van der Waals surface area contributed by atoms with Gasteiger partial charge in [-0.1, -0.05) is 39.5 Å². The topological polar surface area (TPSA) is 20.3 Å². The average Bonchev–Trinajstić information content (AvgIpc) is 3.01. The van der Waals surface area contributed by atoms with Gasteiger partial charge < -0.3 is 0 Å². The van der Waals surface area contributed by atoms with Crippen LogP contribution in [0.3, 0.4) is 0 Å². The minimum atomic E-state index is -5.50. The number of carbonyl (C=O) groups excluding carboxylic acids is 1. The first-order valence-electron chi connectivity index (χ1n) is 10.8. The number of hydrogen-bond acceptors (Lipinski definition) is 4. The zero-order valence-electron chi connectivity index (χ0n) is 17.9. The van der Waals surface area contributed by atoms with Gasteiger partial charge in [-0.15, -0.1) is 0 Å². The Morgan fingerprint density at radius 2 is 1.19 bits per heavy atom. The van der Waals surface area contributed by atoms with Gasteiger partial charge in [-0.3, -0.25) is 4.79 Å². The van der Waals surface area contributed by atoms with Crippen molar-refractivity contribution in [1.29, 1.82) is 0 Å². The summed E-state index contributed by atoms with van der Waals surface area (Å²) in [5.74, 6) is 0.774. The molecule has 0 aromatic heterocycles. The third kappa shape index (κ3) is 2.43. The molecule has 1 saturated heterocycles. The van der Waals surface area contributed by atoms with Crippen molar-refractivity contribution in [3.8, 4) is 0 Å². The van der Waals surface area contributed by atoms with Crippen LogP contribution in [-0.4, -0.2) is 36.9 Å². The lowest BCUT2D eigenvalue weighted by Gasteiger charge is -2.71. The number of carbonyl (C=O) groups is 1. The molecule has 2 nitrogen and oxygen atoms in total. The van der Waals surface area contributed by atoms with E-state index in [0.717, 1.165) is 19.3 Å². The molecule has 10 heteroatoms. The molecule has 0 atom stereocenters. The minimum Gasteiger partial charge on any atom is -0.298 e. The maximum absolute atomic E-state index is 14.3. The molecular weight excluding hydrogens is 460 g/mol. The maximum atomic E-state index is 14.3. The lowest BCUT2D eigenvalue weighted by Crippen LogP contribution is -2.80. The van der Waals surface area contributed by atoms with Gasteiger partial charge in [0, 0.05) is 5.54 Å². The highest BCUT2D eigenvalue weighted by molar-refractivity contribution is 8.21. The zero-order chi connectivity index (χ0) is 23.0. The van der Waals surface area contributed by atoms with E-state index >= 15 is 0 Å². The lowest BCUT2D eigenvalue weighted by atomic mass is 9.47. The fourth-order valence-electron chi connectivity index (χ4n) is 8.16. The van der Waals surface area contributed by atoms with E-state index in [-0.39, 0.29) is 29.5 Å². The van der Waals surface area contributed by atoms with E-state index in [1.165, 1.54) is 32.0 Å². The summed E-state index contributed by atoms with van der Waals surface area (Å²) >= 11 is -0.102. The van der Waals surface area contributed by atoms with Crippen LogP contribution in [0, 0.1) is 28.6 Å². The van der Waals surface area contributed by atoms with Crippen LogP contribution < -0.4 is 0 Å². The van der Waals surface area contributed by atoms with E-state index in [2.05, 4.69) is 0 Å². The molecule has 0 unspecified atom stereocenters. The number of rotatable bonds is 1. The van der Waals surface area contributed by atoms with Gasteiger partial charge in [-0.25, -0.2) is 4.31 Å². The summed E-state index contributed by atoms with van der Waals surface area (Å²) in [6.45, 7) is 6.13. The first-order valence-corrected chi connectivity index (χ1v) is 12.4. The number of halogens is 6. The first kappa shape index (κ1) is 22.7. The molecule has 0 amide bonds. The summed E-state index contributed by atoms with van der Waals surface area (Å²) in [5.41, 5.74) is -3.37. The van der Waals surface area contributed by atoms with E-state index < -0.39 is 37.7 Å². The highest BCUT2D eigenvalue weighted by Crippen LogP contribution is 2.83. The summed E-state index contributed by atoms with van der Waals surface area (Å²) < 4.78 is 83.3. The summed E-state index contributed by atoms with van der Waals surface area (Å²) in [7, 11) is 0. The van der Waals surface area contributed by atoms with E-state index in [9.17, 15) is 31.1 Å². The van der Waals surface area contributed by atoms with Crippen molar-refractivity contribution < 1.29 is 31.1 Å². The van der Waals surface area contributed by atoms with Crippen LogP contribution in [0.1, 0.15) is 66.2 Å². The SMILES string of the molecule is CC1(C)C(=O)C(C)(C)C12SC(C(F)(F)F)(C(F)(F)F)SN2C12CC3CC(CC(C3)C1)C2. The van der Waals surface area contributed by atoms with E-state index in [4.69, 9.17) is 0 Å². The molecule has 1 heterocycles. The maximum Gasteiger partial charge on any atom is 0.422 e. The Hall–Kier alpha value is -0.0900. The van der Waals surface area contributed by atoms with Gasteiger partial charge in [-0.2, -0.15) is 26.3 Å². The molecule has 176 valence electrons. The largest absolute Gasteiger partial charge is 0.422 e.